The molecule has 1 aromatic carbocycles. The van der Waals surface area contributed by atoms with Gasteiger partial charge in [0, 0.05) is 17.6 Å². The van der Waals surface area contributed by atoms with Gasteiger partial charge in [-0.15, -0.1) is 11.3 Å². The number of thiazole rings is 1. The number of ether oxygens (including phenoxy) is 1. The summed E-state index contributed by atoms with van der Waals surface area (Å²) < 4.78 is 6.61. The van der Waals surface area contributed by atoms with Gasteiger partial charge in [-0.2, -0.15) is 0 Å². The molecule has 1 atom stereocenters. The number of aliphatic carboxylic acids is 1. The van der Waals surface area contributed by atoms with E-state index >= 15 is 0 Å². The van der Waals surface area contributed by atoms with Crippen LogP contribution in [0.15, 0.2) is 28.6 Å². The number of fused-ring (bicyclic) bond motifs is 1. The molecule has 22 heavy (non-hydrogen) atoms. The van der Waals surface area contributed by atoms with Gasteiger partial charge in [-0.05, 0) is 19.1 Å². The van der Waals surface area contributed by atoms with Gasteiger partial charge in [0.2, 0.25) is 0 Å². The molecule has 0 amide bonds. The maximum absolute atomic E-state index is 11.4. The minimum atomic E-state index is -1.24. The molecule has 0 N–H and O–H groups in total. The van der Waals surface area contributed by atoms with Gasteiger partial charge in [-0.25, -0.2) is 4.98 Å². The van der Waals surface area contributed by atoms with Gasteiger partial charge in [0.25, 0.3) is 0 Å². The molecule has 0 spiro atoms. The number of hydrogen-bond acceptors (Lipinski definition) is 7. The number of esters is 1. The normalized spacial score (nSPS) is 11.7. The van der Waals surface area contributed by atoms with Crippen LogP contribution in [0.2, 0.25) is 0 Å². The predicted octanol–water partition coefficient (Wildman–Crippen LogP) is -1.29. The minimum absolute atomic E-state index is 0. The summed E-state index contributed by atoms with van der Waals surface area (Å²) in [5, 5.41) is 11.1. The van der Waals surface area contributed by atoms with E-state index in [1.54, 1.807) is 6.92 Å². The van der Waals surface area contributed by atoms with E-state index in [1.807, 2.05) is 24.3 Å². The van der Waals surface area contributed by atoms with Gasteiger partial charge in [-0.3, -0.25) is 4.79 Å². The zero-order valence-electron chi connectivity index (χ0n) is 12.4. The Morgan fingerprint density at radius 3 is 2.77 bits per heavy atom. The number of carbonyl (C=O) groups is 2. The van der Waals surface area contributed by atoms with Crippen LogP contribution >= 0.6 is 23.1 Å². The van der Waals surface area contributed by atoms with E-state index in [0.29, 0.717) is 0 Å². The molecule has 0 saturated heterocycles. The summed E-state index contributed by atoms with van der Waals surface area (Å²) in [5.74, 6) is -2.39. The smallest absolute Gasteiger partial charge is 0.550 e. The van der Waals surface area contributed by atoms with Crippen molar-refractivity contribution in [3.63, 3.8) is 0 Å². The molecule has 5 nitrogen and oxygen atoms in total. The Kier molecular flexibility index (Phi) is 8.41. The molecule has 0 aliphatic heterocycles. The van der Waals surface area contributed by atoms with Crippen molar-refractivity contribution in [2.45, 2.75) is 17.7 Å². The summed E-state index contributed by atoms with van der Waals surface area (Å²) >= 11 is 2.82. The van der Waals surface area contributed by atoms with Crippen molar-refractivity contribution in [2.24, 2.45) is 5.92 Å². The Balaban J connectivity index is 0.00000242. The molecule has 0 bridgehead atoms. The van der Waals surface area contributed by atoms with Crippen LogP contribution in [0, 0.1) is 5.92 Å². The molecule has 0 fully saturated rings. The molecular weight excluding hydrogens is 333 g/mol. The first-order chi connectivity index (χ1) is 10.1. The summed E-state index contributed by atoms with van der Waals surface area (Å²) in [7, 11) is 0. The maximum atomic E-state index is 11.4. The predicted molar refractivity (Wildman–Crippen MR) is 80.1 cm³/mol. The second-order valence-electron chi connectivity index (χ2n) is 4.28. The van der Waals surface area contributed by atoms with E-state index in [-0.39, 0.29) is 48.3 Å². The summed E-state index contributed by atoms with van der Waals surface area (Å²) in [4.78, 5) is 26.9. The number of aromatic nitrogens is 1. The van der Waals surface area contributed by atoms with Crippen LogP contribution in [-0.4, -0.2) is 29.3 Å². The fourth-order valence-corrected chi connectivity index (χ4v) is 3.88. The Morgan fingerprint density at radius 2 is 2.14 bits per heavy atom. The number of para-hydroxylation sites is 1. The fourth-order valence-electron chi connectivity index (χ4n) is 1.72. The molecule has 1 heterocycles. The Hall–Kier alpha value is -0.600. The van der Waals surface area contributed by atoms with Crippen molar-refractivity contribution in [1.82, 2.24) is 4.98 Å². The Bertz CT molecular complexity index is 614. The molecule has 0 saturated carbocycles. The first-order valence-electron chi connectivity index (χ1n) is 6.45. The van der Waals surface area contributed by atoms with Crippen molar-refractivity contribution in [3.8, 4) is 0 Å². The third kappa shape index (κ3) is 5.55. The number of hydrogen-bond donors (Lipinski definition) is 0. The number of rotatable bonds is 7. The summed E-state index contributed by atoms with van der Waals surface area (Å²) in [6, 6.07) is 7.71. The van der Waals surface area contributed by atoms with Crippen LogP contribution in [0.1, 0.15) is 13.3 Å². The molecule has 8 heteroatoms. The molecule has 2 aromatic rings. The quantitative estimate of drug-likeness (QED) is 0.352. The van der Waals surface area contributed by atoms with Crippen molar-refractivity contribution in [2.75, 3.05) is 12.4 Å². The van der Waals surface area contributed by atoms with Crippen molar-refractivity contribution in [3.05, 3.63) is 24.3 Å². The average Bonchev–Trinajstić information content (AvgIpc) is 2.86. The van der Waals surface area contributed by atoms with Gasteiger partial charge >= 0.3 is 35.5 Å². The van der Waals surface area contributed by atoms with Gasteiger partial charge in [0.05, 0.1) is 23.2 Å². The first kappa shape index (κ1) is 19.4. The summed E-state index contributed by atoms with van der Waals surface area (Å²) in [6.45, 7) is 1.92. The largest absolute Gasteiger partial charge is 1.00 e. The number of benzene rings is 1. The molecular formula is C14H14NNaO4S2. The van der Waals surface area contributed by atoms with E-state index in [9.17, 15) is 14.7 Å². The Morgan fingerprint density at radius 1 is 1.41 bits per heavy atom. The Labute approximate surface area is 158 Å². The van der Waals surface area contributed by atoms with E-state index in [0.717, 1.165) is 14.6 Å². The summed E-state index contributed by atoms with van der Waals surface area (Å²) in [6.07, 6.45) is -0.173. The van der Waals surface area contributed by atoms with Gasteiger partial charge in [-0.1, -0.05) is 23.9 Å². The van der Waals surface area contributed by atoms with Crippen molar-refractivity contribution >= 4 is 45.3 Å². The van der Waals surface area contributed by atoms with Gasteiger partial charge < -0.3 is 14.6 Å². The molecule has 0 aliphatic carbocycles. The molecule has 2 rings (SSSR count). The standard InChI is InChI=1S/C14H15NO4S2.Na/c1-2-19-12(16)7-9(13(17)18)8-20-14-15-10-5-3-4-6-11(10)21-14;/h3-6,9H,2,7-8H2,1H3,(H,17,18);/q;+1/p-1. The van der Waals surface area contributed by atoms with E-state index < -0.39 is 17.9 Å². The number of carboxylic acid groups (broad SMARTS) is 1. The molecule has 112 valence electrons. The zero-order chi connectivity index (χ0) is 15.2. The fraction of sp³-hybridized carbons (Fsp3) is 0.357. The molecule has 0 aliphatic rings. The second kappa shape index (κ2) is 9.52. The van der Waals surface area contributed by atoms with Crippen LogP contribution in [0.4, 0.5) is 0 Å². The van der Waals surface area contributed by atoms with Crippen LogP contribution in [0.3, 0.4) is 0 Å². The van der Waals surface area contributed by atoms with Crippen LogP contribution in [0.5, 0.6) is 0 Å². The zero-order valence-corrected chi connectivity index (χ0v) is 16.0. The van der Waals surface area contributed by atoms with Crippen LogP contribution < -0.4 is 34.7 Å². The second-order valence-corrected chi connectivity index (χ2v) is 6.58. The maximum Gasteiger partial charge on any atom is 1.00 e. The summed E-state index contributed by atoms with van der Waals surface area (Å²) in [5.41, 5.74) is 0.889. The van der Waals surface area contributed by atoms with Gasteiger partial charge in [0.15, 0.2) is 4.34 Å². The number of nitrogens with zero attached hydrogens (tertiary/aromatic N) is 1. The van der Waals surface area contributed by atoms with E-state index in [2.05, 4.69) is 4.98 Å². The van der Waals surface area contributed by atoms with E-state index in [1.165, 1.54) is 23.1 Å². The van der Waals surface area contributed by atoms with Crippen molar-refractivity contribution < 1.29 is 49.0 Å². The van der Waals surface area contributed by atoms with Gasteiger partial charge in [0.1, 0.15) is 0 Å². The minimum Gasteiger partial charge on any atom is -0.550 e. The molecule has 0 radical (unpaired) electrons. The monoisotopic (exact) mass is 347 g/mol. The number of thioether (sulfide) groups is 1. The number of carboxylic acids is 1. The topological polar surface area (TPSA) is 79.3 Å². The SMILES string of the molecule is CCOC(=O)CC(CSc1nc2ccccc2s1)C(=O)[O-].[Na+]. The van der Waals surface area contributed by atoms with Crippen molar-refractivity contribution in [1.29, 1.82) is 0 Å². The van der Waals surface area contributed by atoms with E-state index in [4.69, 9.17) is 4.74 Å². The van der Waals surface area contributed by atoms with Crippen LogP contribution in [0.25, 0.3) is 10.2 Å². The molecule has 1 aromatic heterocycles. The average molecular weight is 347 g/mol. The first-order valence-corrected chi connectivity index (χ1v) is 8.25. The third-order valence-electron chi connectivity index (χ3n) is 2.73. The van der Waals surface area contributed by atoms with Crippen LogP contribution in [-0.2, 0) is 14.3 Å². The number of carbonyl (C=O) groups excluding carboxylic acids is 2. The third-order valence-corrected chi connectivity index (χ3v) is 5.08. The molecule has 1 unspecified atom stereocenters.